The van der Waals surface area contributed by atoms with E-state index in [0.29, 0.717) is 40.8 Å². The zero-order valence-corrected chi connectivity index (χ0v) is 23.0. The molecule has 206 valence electrons. The van der Waals surface area contributed by atoms with Crippen LogP contribution in [0.5, 0.6) is 0 Å². The van der Waals surface area contributed by atoms with Crippen LogP contribution in [0.15, 0.2) is 30.3 Å². The lowest BCUT2D eigenvalue weighted by Gasteiger charge is -2.27. The molecule has 2 aliphatic heterocycles. The number of carbonyl (C=O) groups excluding carboxylic acids is 2. The number of hydrogen-bond donors (Lipinski definition) is 2. The molecule has 8 nitrogen and oxygen atoms in total. The Balaban J connectivity index is 1.27. The van der Waals surface area contributed by atoms with Crippen LogP contribution in [0.1, 0.15) is 55.5 Å². The fourth-order valence-electron chi connectivity index (χ4n) is 7.43. The van der Waals surface area contributed by atoms with E-state index in [1.54, 1.807) is 10.6 Å². The predicted octanol–water partition coefficient (Wildman–Crippen LogP) is 4.54. The number of piperidine rings is 1. The molecule has 40 heavy (non-hydrogen) atoms. The molecule has 4 aliphatic rings. The third kappa shape index (κ3) is 3.18. The van der Waals surface area contributed by atoms with E-state index in [9.17, 15) is 9.59 Å². The number of fused-ring (bicyclic) bond motifs is 6. The van der Waals surface area contributed by atoms with Gasteiger partial charge in [0.15, 0.2) is 5.82 Å². The smallest absolute Gasteiger partial charge is 0.254 e. The fraction of sp³-hybridized carbons (Fsp3) is 0.452. The van der Waals surface area contributed by atoms with Crippen molar-refractivity contribution in [3.8, 4) is 11.5 Å². The predicted molar refractivity (Wildman–Crippen MR) is 152 cm³/mol. The summed E-state index contributed by atoms with van der Waals surface area (Å²) in [4.78, 5) is 33.1. The minimum atomic E-state index is -0.610. The summed E-state index contributed by atoms with van der Waals surface area (Å²) in [6.07, 6.45) is 4.28. The lowest BCUT2D eigenvalue weighted by molar-refractivity contribution is -0.119. The van der Waals surface area contributed by atoms with Crippen molar-refractivity contribution >= 4 is 39.4 Å². The summed E-state index contributed by atoms with van der Waals surface area (Å²) >= 11 is 0. The highest BCUT2D eigenvalue weighted by atomic mass is 19.1. The van der Waals surface area contributed by atoms with Gasteiger partial charge in [0.25, 0.3) is 5.91 Å². The Morgan fingerprint density at radius 3 is 2.65 bits per heavy atom. The molecule has 0 unspecified atom stereocenters. The minimum absolute atomic E-state index is 0.00387. The highest BCUT2D eigenvalue weighted by Crippen LogP contribution is 2.45. The van der Waals surface area contributed by atoms with Gasteiger partial charge in [-0.3, -0.25) is 9.59 Å². The average Bonchev–Trinajstić information content (AvgIpc) is 3.14. The number of nitrogens with two attached hydrogens (primary N) is 1. The Bertz CT molecular complexity index is 1780. The standard InChI is InChI=1S/C31H33FN6O2/c1-31(2)19-8-6-16-12-23(37(13-15-4-5-15)26(16)25(19)35-30(31)40)28-34-21-11-18(10-20(32)27(21)36(28)3)29(39)38-14-17-7-9-22(38)24(17)33/h6,8,10-12,15,17,22,24H,4-5,7,9,13-14,33H2,1-3H3,(H,35,40)/t17-,22-,24-/m1/s1. The Labute approximate surface area is 231 Å². The fourth-order valence-corrected chi connectivity index (χ4v) is 7.43. The van der Waals surface area contributed by atoms with Gasteiger partial charge in [0.2, 0.25) is 5.91 Å². The molecular formula is C31H33FN6O2. The summed E-state index contributed by atoms with van der Waals surface area (Å²) in [6.45, 7) is 5.34. The van der Waals surface area contributed by atoms with Crippen LogP contribution in [0.25, 0.3) is 33.5 Å². The van der Waals surface area contributed by atoms with Crippen molar-refractivity contribution in [1.29, 1.82) is 0 Å². The van der Waals surface area contributed by atoms with E-state index in [0.717, 1.165) is 60.1 Å². The van der Waals surface area contributed by atoms with E-state index in [1.165, 1.54) is 6.07 Å². The minimum Gasteiger partial charge on any atom is -0.336 e. The molecule has 2 bridgehead atoms. The monoisotopic (exact) mass is 540 g/mol. The summed E-state index contributed by atoms with van der Waals surface area (Å²) in [6, 6.07) is 9.28. The van der Waals surface area contributed by atoms with E-state index in [1.807, 2.05) is 31.9 Å². The first-order valence-electron chi connectivity index (χ1n) is 14.3. The first-order valence-corrected chi connectivity index (χ1v) is 14.3. The number of nitrogens with one attached hydrogen (secondary N) is 1. The molecular weight excluding hydrogens is 507 g/mol. The van der Waals surface area contributed by atoms with E-state index in [-0.39, 0.29) is 23.9 Å². The molecule has 2 amide bonds. The lowest BCUT2D eigenvalue weighted by atomic mass is 9.86. The maximum atomic E-state index is 15.7. The number of amides is 2. The Morgan fingerprint density at radius 2 is 1.95 bits per heavy atom. The number of imidazole rings is 1. The van der Waals surface area contributed by atoms with Crippen molar-refractivity contribution in [3.05, 3.63) is 47.3 Å². The first kappa shape index (κ1) is 24.1. The molecule has 3 atom stereocenters. The normalized spacial score (nSPS) is 24.9. The molecule has 0 radical (unpaired) electrons. The van der Waals surface area contributed by atoms with Gasteiger partial charge in [-0.15, -0.1) is 0 Å². The van der Waals surface area contributed by atoms with E-state index >= 15 is 4.39 Å². The summed E-state index contributed by atoms with van der Waals surface area (Å²) in [5, 5.41) is 4.15. The molecule has 9 heteroatoms. The molecule has 0 spiro atoms. The molecule has 3 fully saturated rings. The van der Waals surface area contributed by atoms with E-state index < -0.39 is 11.2 Å². The Morgan fingerprint density at radius 1 is 1.15 bits per heavy atom. The van der Waals surface area contributed by atoms with Crippen molar-refractivity contribution in [2.24, 2.45) is 24.6 Å². The van der Waals surface area contributed by atoms with Gasteiger partial charge in [-0.2, -0.15) is 0 Å². The quantitative estimate of drug-likeness (QED) is 0.397. The number of aryl methyl sites for hydroxylation is 1. The highest BCUT2D eigenvalue weighted by molar-refractivity contribution is 6.13. The van der Waals surface area contributed by atoms with Crippen molar-refractivity contribution in [1.82, 2.24) is 19.0 Å². The lowest BCUT2D eigenvalue weighted by Crippen LogP contribution is -2.41. The van der Waals surface area contributed by atoms with Crippen LogP contribution < -0.4 is 11.1 Å². The number of rotatable bonds is 4. The maximum Gasteiger partial charge on any atom is 0.254 e. The van der Waals surface area contributed by atoms with Crippen LogP contribution in [0, 0.1) is 17.7 Å². The third-order valence-corrected chi connectivity index (χ3v) is 9.99. The van der Waals surface area contributed by atoms with Gasteiger partial charge in [0, 0.05) is 43.2 Å². The van der Waals surface area contributed by atoms with Gasteiger partial charge in [-0.25, -0.2) is 9.37 Å². The second kappa shape index (κ2) is 7.94. The second-order valence-electron chi connectivity index (χ2n) is 12.8. The van der Waals surface area contributed by atoms with Crippen molar-refractivity contribution in [2.75, 3.05) is 11.9 Å². The number of benzene rings is 2. The van der Waals surface area contributed by atoms with Gasteiger partial charge >= 0.3 is 0 Å². The Kier molecular flexibility index (Phi) is 4.78. The molecule has 2 aromatic heterocycles. The number of aromatic nitrogens is 3. The highest BCUT2D eigenvalue weighted by Gasteiger charge is 2.47. The van der Waals surface area contributed by atoms with Crippen LogP contribution in [0.3, 0.4) is 0 Å². The van der Waals surface area contributed by atoms with Crippen LogP contribution >= 0.6 is 0 Å². The average molecular weight is 541 g/mol. The molecule has 2 saturated carbocycles. The second-order valence-corrected chi connectivity index (χ2v) is 12.8. The summed E-state index contributed by atoms with van der Waals surface area (Å²) in [7, 11) is 1.82. The largest absolute Gasteiger partial charge is 0.336 e. The number of hydrogen-bond acceptors (Lipinski definition) is 4. The maximum absolute atomic E-state index is 15.7. The van der Waals surface area contributed by atoms with E-state index in [4.69, 9.17) is 10.7 Å². The zero-order valence-electron chi connectivity index (χ0n) is 23.0. The SMILES string of the molecule is Cn1c(-c2cc3ccc4c(c3n2CC2CC2)NC(=O)C4(C)C)nc2cc(C(=O)N3C[C@H]4CC[C@@H]3[C@@H]4N)cc(F)c21. The number of halogens is 1. The van der Waals surface area contributed by atoms with Gasteiger partial charge in [0.05, 0.1) is 27.8 Å². The van der Waals surface area contributed by atoms with Crippen molar-refractivity contribution in [2.45, 2.75) is 63.6 Å². The molecule has 3 N–H and O–H groups in total. The Hall–Kier alpha value is -3.72. The van der Waals surface area contributed by atoms with Crippen LogP contribution in [-0.4, -0.2) is 49.5 Å². The van der Waals surface area contributed by atoms with Crippen LogP contribution in [0.2, 0.25) is 0 Å². The molecule has 4 heterocycles. The zero-order chi connectivity index (χ0) is 27.7. The molecule has 8 rings (SSSR count). The molecule has 4 aromatic rings. The van der Waals surface area contributed by atoms with Gasteiger partial charge in [-0.1, -0.05) is 12.1 Å². The summed E-state index contributed by atoms with van der Waals surface area (Å²) in [5.74, 6) is 0.880. The number of likely N-dealkylation sites (tertiary alicyclic amines) is 1. The first-order chi connectivity index (χ1) is 19.1. The van der Waals surface area contributed by atoms with Crippen LogP contribution in [-0.2, 0) is 23.8 Å². The van der Waals surface area contributed by atoms with E-state index in [2.05, 4.69) is 22.0 Å². The number of nitrogens with zero attached hydrogens (tertiary/aromatic N) is 4. The number of carbonyl (C=O) groups is 2. The van der Waals surface area contributed by atoms with Gasteiger partial charge in [0.1, 0.15) is 11.3 Å². The van der Waals surface area contributed by atoms with Gasteiger partial charge < -0.3 is 25.1 Å². The molecule has 2 aromatic carbocycles. The summed E-state index contributed by atoms with van der Waals surface area (Å²) < 4.78 is 19.7. The van der Waals surface area contributed by atoms with Crippen LogP contribution in [0.4, 0.5) is 10.1 Å². The molecule has 1 saturated heterocycles. The van der Waals surface area contributed by atoms with Crippen molar-refractivity contribution < 1.29 is 14.0 Å². The number of anilines is 1. The van der Waals surface area contributed by atoms with Crippen molar-refractivity contribution in [3.63, 3.8) is 0 Å². The topological polar surface area (TPSA) is 98.2 Å². The third-order valence-electron chi connectivity index (χ3n) is 9.99. The molecule has 2 aliphatic carbocycles. The van der Waals surface area contributed by atoms with Gasteiger partial charge in [-0.05, 0) is 75.1 Å². The summed E-state index contributed by atoms with van der Waals surface area (Å²) in [5.41, 5.74) is 10.6.